The van der Waals surface area contributed by atoms with Gasteiger partial charge >= 0.3 is 0 Å². The minimum atomic E-state index is -0.152. The number of rotatable bonds is 2. The molecule has 0 aromatic carbocycles. The minimum absolute atomic E-state index is 0.120. The largest absolute Gasteiger partial charge is 0.445 e. The summed E-state index contributed by atoms with van der Waals surface area (Å²) in [5.74, 6) is 2.08. The Morgan fingerprint density at radius 3 is 2.65 bits per heavy atom. The first-order chi connectivity index (χ1) is 12.4. The van der Waals surface area contributed by atoms with E-state index in [1.54, 1.807) is 34.3 Å². The van der Waals surface area contributed by atoms with Crippen molar-refractivity contribution in [3.05, 3.63) is 53.9 Å². The second kappa shape index (κ2) is 6.05. The van der Waals surface area contributed by atoms with Gasteiger partial charge in [0, 0.05) is 18.4 Å². The van der Waals surface area contributed by atoms with Gasteiger partial charge in [-0.2, -0.15) is 0 Å². The Bertz CT molecular complexity index is 939. The first kappa shape index (κ1) is 16.4. The van der Waals surface area contributed by atoms with Gasteiger partial charge < -0.3 is 9.32 Å². The van der Waals surface area contributed by atoms with Crippen molar-refractivity contribution in [3.63, 3.8) is 0 Å². The second-order valence-corrected chi connectivity index (χ2v) is 7.37. The Balaban J connectivity index is 1.57. The molecule has 1 aliphatic rings. The zero-order valence-electron chi connectivity index (χ0n) is 15.0. The van der Waals surface area contributed by atoms with Gasteiger partial charge in [0.25, 0.3) is 5.91 Å². The van der Waals surface area contributed by atoms with E-state index in [2.05, 4.69) is 40.9 Å². The fourth-order valence-corrected chi connectivity index (χ4v) is 2.86. The zero-order valence-corrected chi connectivity index (χ0v) is 15.0. The molecule has 1 aliphatic heterocycles. The third-order valence-corrected chi connectivity index (χ3v) is 4.29. The highest BCUT2D eigenvalue weighted by atomic mass is 16.4. The van der Waals surface area contributed by atoms with E-state index in [9.17, 15) is 4.79 Å². The smallest absolute Gasteiger partial charge is 0.272 e. The van der Waals surface area contributed by atoms with Crippen molar-refractivity contribution >= 4 is 5.91 Å². The lowest BCUT2D eigenvalue weighted by atomic mass is 9.97. The Hall–Kier alpha value is -3.03. The first-order valence-electron chi connectivity index (χ1n) is 8.52. The third kappa shape index (κ3) is 2.98. The van der Waals surface area contributed by atoms with Crippen molar-refractivity contribution in [2.75, 3.05) is 6.54 Å². The van der Waals surface area contributed by atoms with Gasteiger partial charge in [0.1, 0.15) is 35.6 Å². The number of hydrogen-bond donors (Lipinski definition) is 0. The van der Waals surface area contributed by atoms with E-state index >= 15 is 0 Å². The van der Waals surface area contributed by atoms with E-state index in [0.29, 0.717) is 36.9 Å². The summed E-state index contributed by atoms with van der Waals surface area (Å²) in [5.41, 5.74) is 1.07. The van der Waals surface area contributed by atoms with Gasteiger partial charge in [-0.3, -0.25) is 9.36 Å². The molecule has 8 heteroatoms. The second-order valence-electron chi connectivity index (χ2n) is 7.37. The van der Waals surface area contributed by atoms with E-state index in [1.807, 2.05) is 6.07 Å². The Kier molecular flexibility index (Phi) is 3.82. The van der Waals surface area contributed by atoms with Crippen molar-refractivity contribution in [1.82, 2.24) is 29.6 Å². The van der Waals surface area contributed by atoms with Crippen molar-refractivity contribution < 1.29 is 9.21 Å². The number of pyridine rings is 1. The number of nitrogens with zero attached hydrogens (tertiary/aromatic N) is 6. The summed E-state index contributed by atoms with van der Waals surface area (Å²) in [7, 11) is 0. The van der Waals surface area contributed by atoms with Crippen LogP contribution in [0.2, 0.25) is 0 Å². The van der Waals surface area contributed by atoms with E-state index < -0.39 is 0 Å². The predicted octanol–water partition coefficient (Wildman–Crippen LogP) is 2.15. The van der Waals surface area contributed by atoms with Crippen LogP contribution in [0.5, 0.6) is 0 Å². The summed E-state index contributed by atoms with van der Waals surface area (Å²) < 4.78 is 7.56. The molecule has 0 radical (unpaired) electrons. The highest BCUT2D eigenvalue weighted by Gasteiger charge is 2.29. The van der Waals surface area contributed by atoms with E-state index in [-0.39, 0.29) is 11.3 Å². The summed E-state index contributed by atoms with van der Waals surface area (Å²) in [6.45, 7) is 7.21. The van der Waals surface area contributed by atoms with E-state index in [4.69, 9.17) is 4.42 Å². The third-order valence-electron chi connectivity index (χ3n) is 4.29. The van der Waals surface area contributed by atoms with Crippen molar-refractivity contribution in [1.29, 1.82) is 0 Å². The zero-order chi connectivity index (χ0) is 18.3. The van der Waals surface area contributed by atoms with Gasteiger partial charge in [0.2, 0.25) is 0 Å². The summed E-state index contributed by atoms with van der Waals surface area (Å²) >= 11 is 0. The fourth-order valence-electron chi connectivity index (χ4n) is 2.86. The molecule has 26 heavy (non-hydrogen) atoms. The van der Waals surface area contributed by atoms with Gasteiger partial charge in [-0.25, -0.2) is 9.97 Å². The SMILES string of the molecule is CC(C)(C)c1nc2c(o1)CCN(C(=O)c1cccc(-n3cnnc3)n1)C2. The number of fused-ring (bicyclic) bond motifs is 1. The van der Waals surface area contributed by atoms with Crippen LogP contribution in [0.25, 0.3) is 5.82 Å². The Morgan fingerprint density at radius 2 is 1.92 bits per heavy atom. The molecule has 134 valence electrons. The molecule has 0 fully saturated rings. The van der Waals surface area contributed by atoms with Gasteiger partial charge in [-0.15, -0.1) is 10.2 Å². The predicted molar refractivity (Wildman–Crippen MR) is 92.8 cm³/mol. The van der Waals surface area contributed by atoms with E-state index in [0.717, 1.165) is 11.5 Å². The number of amides is 1. The average molecular weight is 352 g/mol. The normalized spacial score (nSPS) is 14.3. The molecular formula is C18H20N6O2. The summed E-state index contributed by atoms with van der Waals surface area (Å²) in [4.78, 5) is 23.7. The van der Waals surface area contributed by atoms with Crippen LogP contribution in [0.4, 0.5) is 0 Å². The molecule has 3 aromatic rings. The lowest BCUT2D eigenvalue weighted by Gasteiger charge is -2.25. The van der Waals surface area contributed by atoms with Crippen LogP contribution in [0.15, 0.2) is 35.3 Å². The molecule has 4 heterocycles. The maximum absolute atomic E-state index is 12.9. The molecule has 0 saturated carbocycles. The lowest BCUT2D eigenvalue weighted by Crippen LogP contribution is -2.36. The minimum Gasteiger partial charge on any atom is -0.445 e. The van der Waals surface area contributed by atoms with Gasteiger partial charge in [0.15, 0.2) is 5.89 Å². The summed E-state index contributed by atoms with van der Waals surface area (Å²) in [6.07, 6.45) is 3.76. The van der Waals surface area contributed by atoms with Crippen molar-refractivity contribution in [3.8, 4) is 5.82 Å². The topological polar surface area (TPSA) is 89.9 Å². The van der Waals surface area contributed by atoms with Crippen LogP contribution in [0.1, 0.15) is 48.6 Å². The summed E-state index contributed by atoms with van der Waals surface area (Å²) in [6, 6.07) is 5.33. The molecule has 0 saturated heterocycles. The molecule has 3 aromatic heterocycles. The van der Waals surface area contributed by atoms with Crippen molar-refractivity contribution in [2.24, 2.45) is 0 Å². The van der Waals surface area contributed by atoms with Crippen LogP contribution >= 0.6 is 0 Å². The molecule has 0 N–H and O–H groups in total. The molecule has 0 bridgehead atoms. The van der Waals surface area contributed by atoms with Crippen LogP contribution in [-0.2, 0) is 18.4 Å². The monoisotopic (exact) mass is 352 g/mol. The quantitative estimate of drug-likeness (QED) is 0.702. The molecule has 0 atom stereocenters. The molecule has 1 amide bonds. The first-order valence-corrected chi connectivity index (χ1v) is 8.52. The maximum Gasteiger partial charge on any atom is 0.272 e. The van der Waals surface area contributed by atoms with Crippen LogP contribution in [-0.4, -0.2) is 42.1 Å². The Labute approximate surface area is 150 Å². The van der Waals surface area contributed by atoms with E-state index in [1.165, 1.54) is 0 Å². The Morgan fingerprint density at radius 1 is 1.15 bits per heavy atom. The molecule has 0 unspecified atom stereocenters. The number of oxazole rings is 1. The molecule has 0 spiro atoms. The number of carbonyl (C=O) groups is 1. The fraction of sp³-hybridized carbons (Fsp3) is 0.389. The average Bonchev–Trinajstić information content (AvgIpc) is 3.29. The van der Waals surface area contributed by atoms with Gasteiger partial charge in [-0.05, 0) is 12.1 Å². The summed E-state index contributed by atoms with van der Waals surface area (Å²) in [5, 5.41) is 7.54. The highest BCUT2D eigenvalue weighted by Crippen LogP contribution is 2.27. The standard InChI is InChI=1S/C18H20N6O2/c1-18(2,3)17-22-13-9-23(8-7-14(13)26-17)16(25)12-5-4-6-15(21-12)24-10-19-20-11-24/h4-6,10-11H,7-9H2,1-3H3. The molecular weight excluding hydrogens is 332 g/mol. The van der Waals surface area contributed by atoms with Crippen LogP contribution in [0, 0.1) is 0 Å². The number of aromatic nitrogens is 5. The van der Waals surface area contributed by atoms with Gasteiger partial charge in [-0.1, -0.05) is 26.8 Å². The number of hydrogen-bond acceptors (Lipinski definition) is 6. The molecule has 4 rings (SSSR count). The molecule has 0 aliphatic carbocycles. The van der Waals surface area contributed by atoms with Gasteiger partial charge in [0.05, 0.1) is 6.54 Å². The number of carbonyl (C=O) groups excluding carboxylic acids is 1. The van der Waals surface area contributed by atoms with Crippen LogP contribution in [0.3, 0.4) is 0 Å². The van der Waals surface area contributed by atoms with Crippen molar-refractivity contribution in [2.45, 2.75) is 39.2 Å². The maximum atomic E-state index is 12.9. The lowest BCUT2D eigenvalue weighted by molar-refractivity contribution is 0.0721. The molecule has 8 nitrogen and oxygen atoms in total. The highest BCUT2D eigenvalue weighted by molar-refractivity contribution is 5.92. The van der Waals surface area contributed by atoms with Crippen LogP contribution < -0.4 is 0 Å².